The van der Waals surface area contributed by atoms with Crippen molar-refractivity contribution in [2.45, 2.75) is 38.6 Å². The lowest BCUT2D eigenvalue weighted by atomic mass is 9.67. The average Bonchev–Trinajstić information content (AvgIpc) is 3.05. The molecule has 0 aromatic heterocycles. The van der Waals surface area contributed by atoms with Crippen molar-refractivity contribution in [3.63, 3.8) is 0 Å². The van der Waals surface area contributed by atoms with Crippen LogP contribution in [0.2, 0.25) is 0 Å². The van der Waals surface area contributed by atoms with Gasteiger partial charge in [-0.15, -0.1) is 0 Å². The molecule has 1 aromatic rings. The maximum Gasteiger partial charge on any atom is 0.269 e. The first kappa shape index (κ1) is 15.6. The molecule has 2 fully saturated rings. The summed E-state index contributed by atoms with van der Waals surface area (Å²) < 4.78 is 0. The highest BCUT2D eigenvalue weighted by atomic mass is 16.6. The topological polar surface area (TPSA) is 75.5 Å². The predicted octanol–water partition coefficient (Wildman–Crippen LogP) is 2.26. The number of fused-ring (bicyclic) bond motifs is 2. The maximum atomic E-state index is 13.3. The Hall–Kier alpha value is -1.95. The Morgan fingerprint density at radius 1 is 1.33 bits per heavy atom. The van der Waals surface area contributed by atoms with Crippen molar-refractivity contribution >= 4 is 11.6 Å². The number of hydrogen-bond acceptors (Lipinski definition) is 4. The number of carbonyl (C=O) groups excluding carboxylic acids is 1. The summed E-state index contributed by atoms with van der Waals surface area (Å²) in [5.41, 5.74) is 1.93. The van der Waals surface area contributed by atoms with E-state index in [2.05, 4.69) is 5.32 Å². The Morgan fingerprint density at radius 3 is 3.04 bits per heavy atom. The first-order valence-electron chi connectivity index (χ1n) is 8.86. The Balaban J connectivity index is 1.58. The van der Waals surface area contributed by atoms with Crippen LogP contribution in [-0.4, -0.2) is 35.4 Å². The lowest BCUT2D eigenvalue weighted by Gasteiger charge is -2.42. The monoisotopic (exact) mass is 329 g/mol. The standard InChI is InChI=1S/C18H23N3O3/c22-17(18-7-2-1-3-15(18)10-19-12-18)20-8-6-13-4-5-16(21(23)24)9-14(13)11-20/h4-5,9,15,19H,1-3,6-8,10-12H2/t15-,18+/m0/s1. The van der Waals surface area contributed by atoms with Crippen LogP contribution in [0.3, 0.4) is 0 Å². The van der Waals surface area contributed by atoms with E-state index >= 15 is 0 Å². The molecule has 1 aliphatic carbocycles. The Bertz CT molecular complexity index is 690. The third kappa shape index (κ3) is 2.40. The molecule has 0 unspecified atom stereocenters. The van der Waals surface area contributed by atoms with Gasteiger partial charge in [0, 0.05) is 31.8 Å². The van der Waals surface area contributed by atoms with E-state index in [-0.39, 0.29) is 21.9 Å². The molecule has 128 valence electrons. The van der Waals surface area contributed by atoms with Gasteiger partial charge in [-0.2, -0.15) is 0 Å². The van der Waals surface area contributed by atoms with Crippen molar-refractivity contribution in [2.75, 3.05) is 19.6 Å². The lowest BCUT2D eigenvalue weighted by molar-refractivity contribution is -0.385. The lowest BCUT2D eigenvalue weighted by Crippen LogP contribution is -2.51. The van der Waals surface area contributed by atoms with Crippen molar-refractivity contribution in [3.8, 4) is 0 Å². The van der Waals surface area contributed by atoms with Crippen LogP contribution in [0.1, 0.15) is 36.8 Å². The van der Waals surface area contributed by atoms with Crippen molar-refractivity contribution in [2.24, 2.45) is 11.3 Å². The predicted molar refractivity (Wildman–Crippen MR) is 89.5 cm³/mol. The van der Waals surface area contributed by atoms with Gasteiger partial charge >= 0.3 is 0 Å². The highest BCUT2D eigenvalue weighted by Gasteiger charge is 2.51. The molecular weight excluding hydrogens is 306 g/mol. The van der Waals surface area contributed by atoms with Crippen molar-refractivity contribution in [1.29, 1.82) is 0 Å². The minimum Gasteiger partial charge on any atom is -0.337 e. The highest BCUT2D eigenvalue weighted by molar-refractivity contribution is 5.84. The number of rotatable bonds is 2. The molecule has 1 saturated heterocycles. The number of nitro groups is 1. The summed E-state index contributed by atoms with van der Waals surface area (Å²) in [5.74, 6) is 0.708. The molecule has 1 amide bonds. The number of benzene rings is 1. The zero-order valence-electron chi connectivity index (χ0n) is 13.8. The molecule has 0 spiro atoms. The molecule has 1 saturated carbocycles. The van der Waals surface area contributed by atoms with E-state index < -0.39 is 0 Å². The van der Waals surface area contributed by atoms with Crippen LogP contribution >= 0.6 is 0 Å². The van der Waals surface area contributed by atoms with E-state index in [1.54, 1.807) is 12.1 Å². The van der Waals surface area contributed by atoms with Gasteiger partial charge in [0.05, 0.1) is 10.3 Å². The Labute approximate surface area is 141 Å². The van der Waals surface area contributed by atoms with Crippen LogP contribution in [0.15, 0.2) is 18.2 Å². The highest BCUT2D eigenvalue weighted by Crippen LogP contribution is 2.45. The molecule has 2 aliphatic heterocycles. The zero-order chi connectivity index (χ0) is 16.7. The summed E-state index contributed by atoms with van der Waals surface area (Å²) >= 11 is 0. The molecule has 6 heteroatoms. The summed E-state index contributed by atoms with van der Waals surface area (Å²) in [6, 6.07) is 5.04. The molecule has 4 rings (SSSR count). The zero-order valence-corrected chi connectivity index (χ0v) is 13.8. The second-order valence-electron chi connectivity index (χ2n) is 7.42. The Morgan fingerprint density at radius 2 is 2.21 bits per heavy atom. The summed E-state index contributed by atoms with van der Waals surface area (Å²) in [6.45, 7) is 2.96. The summed E-state index contributed by atoms with van der Waals surface area (Å²) in [6.07, 6.45) is 5.24. The van der Waals surface area contributed by atoms with Crippen LogP contribution < -0.4 is 5.32 Å². The average molecular weight is 329 g/mol. The first-order chi connectivity index (χ1) is 11.6. The van der Waals surface area contributed by atoms with Gasteiger partial charge in [0.15, 0.2) is 0 Å². The van der Waals surface area contributed by atoms with Crippen molar-refractivity contribution < 1.29 is 9.72 Å². The van der Waals surface area contributed by atoms with E-state index in [1.165, 1.54) is 6.42 Å². The molecule has 1 aromatic carbocycles. The van der Waals surface area contributed by atoms with Crippen LogP contribution in [0.5, 0.6) is 0 Å². The van der Waals surface area contributed by atoms with Gasteiger partial charge in [-0.05, 0) is 42.9 Å². The van der Waals surface area contributed by atoms with Gasteiger partial charge in [-0.1, -0.05) is 18.9 Å². The number of hydrogen-bond donors (Lipinski definition) is 1. The summed E-state index contributed by atoms with van der Waals surface area (Å²) in [5, 5.41) is 14.4. The fourth-order valence-electron chi connectivity index (χ4n) is 4.81. The van der Waals surface area contributed by atoms with Crippen molar-refractivity contribution in [3.05, 3.63) is 39.4 Å². The first-order valence-corrected chi connectivity index (χ1v) is 8.86. The SMILES string of the molecule is O=C(N1CCc2ccc([N+](=O)[O-])cc2C1)[C@@]12CCCC[C@H]1CNC2. The number of nitrogens with zero attached hydrogens (tertiary/aromatic N) is 2. The van der Waals surface area contributed by atoms with Crippen LogP contribution in [0.25, 0.3) is 0 Å². The number of non-ortho nitro benzene ring substituents is 1. The molecular formula is C18H23N3O3. The molecule has 2 heterocycles. The van der Waals surface area contributed by atoms with Crippen molar-refractivity contribution in [1.82, 2.24) is 10.2 Å². The second kappa shape index (κ2) is 5.84. The second-order valence-corrected chi connectivity index (χ2v) is 7.42. The molecule has 0 bridgehead atoms. The number of nitro benzene ring substituents is 1. The largest absolute Gasteiger partial charge is 0.337 e. The van der Waals surface area contributed by atoms with Gasteiger partial charge in [-0.25, -0.2) is 0 Å². The van der Waals surface area contributed by atoms with E-state index in [1.807, 2.05) is 11.0 Å². The fourth-order valence-corrected chi connectivity index (χ4v) is 4.81. The van der Waals surface area contributed by atoms with Crippen LogP contribution in [-0.2, 0) is 17.8 Å². The minimum absolute atomic E-state index is 0.110. The number of nitrogens with one attached hydrogen (secondary N) is 1. The van der Waals surface area contributed by atoms with Gasteiger partial charge < -0.3 is 10.2 Å². The molecule has 6 nitrogen and oxygen atoms in total. The maximum absolute atomic E-state index is 13.3. The van der Waals surface area contributed by atoms with Crippen LogP contribution in [0, 0.1) is 21.4 Å². The molecule has 0 radical (unpaired) electrons. The minimum atomic E-state index is -0.363. The third-order valence-electron chi connectivity index (χ3n) is 6.16. The van der Waals surface area contributed by atoms with Gasteiger partial charge in [0.25, 0.3) is 5.69 Å². The number of amides is 1. The quantitative estimate of drug-likeness (QED) is 0.667. The molecule has 3 aliphatic rings. The normalized spacial score (nSPS) is 29.0. The van der Waals surface area contributed by atoms with E-state index in [9.17, 15) is 14.9 Å². The Kier molecular flexibility index (Phi) is 3.79. The summed E-state index contributed by atoms with van der Waals surface area (Å²) in [4.78, 5) is 25.9. The van der Waals surface area contributed by atoms with Gasteiger partial charge in [0.1, 0.15) is 0 Å². The van der Waals surface area contributed by atoms with E-state index in [4.69, 9.17) is 0 Å². The fraction of sp³-hybridized carbons (Fsp3) is 0.611. The van der Waals surface area contributed by atoms with E-state index in [0.717, 1.165) is 56.4 Å². The van der Waals surface area contributed by atoms with Gasteiger partial charge in [-0.3, -0.25) is 14.9 Å². The third-order valence-corrected chi connectivity index (χ3v) is 6.16. The summed E-state index contributed by atoms with van der Waals surface area (Å²) in [7, 11) is 0. The number of carbonyl (C=O) groups is 1. The van der Waals surface area contributed by atoms with E-state index in [0.29, 0.717) is 12.5 Å². The van der Waals surface area contributed by atoms with Crippen LogP contribution in [0.4, 0.5) is 5.69 Å². The smallest absolute Gasteiger partial charge is 0.269 e. The molecule has 24 heavy (non-hydrogen) atoms. The molecule has 2 atom stereocenters. The van der Waals surface area contributed by atoms with Gasteiger partial charge in [0.2, 0.25) is 5.91 Å². The molecule has 1 N–H and O–H groups in total.